The molecule has 0 aliphatic carbocycles. The number of anilines is 1. The number of ether oxygens (including phenoxy) is 1. The summed E-state index contributed by atoms with van der Waals surface area (Å²) in [7, 11) is 0. The number of hydrogen-bond acceptors (Lipinski definition) is 4. The molecular weight excluding hydrogens is 330 g/mol. The zero-order valence-electron chi connectivity index (χ0n) is 14.1. The number of amides is 1. The van der Waals surface area contributed by atoms with Gasteiger partial charge in [-0.25, -0.2) is 4.79 Å². The number of benzene rings is 3. The average Bonchev–Trinajstić information content (AvgIpc) is 2.68. The number of hydrogen-bond donors (Lipinski definition) is 1. The summed E-state index contributed by atoms with van der Waals surface area (Å²) in [4.78, 5) is 35.2. The topological polar surface area (TPSA) is 72.5 Å². The number of esters is 1. The first-order valence-corrected chi connectivity index (χ1v) is 8.13. The van der Waals surface area contributed by atoms with Gasteiger partial charge in [0.2, 0.25) is 0 Å². The molecule has 130 valence electrons. The van der Waals surface area contributed by atoms with Crippen molar-refractivity contribution in [2.45, 2.75) is 13.0 Å². The maximum absolute atomic E-state index is 12.4. The van der Waals surface area contributed by atoms with Crippen molar-refractivity contribution in [3.8, 4) is 0 Å². The van der Waals surface area contributed by atoms with Crippen LogP contribution in [0.3, 0.4) is 0 Å². The van der Waals surface area contributed by atoms with Crippen LogP contribution in [-0.4, -0.2) is 24.3 Å². The van der Waals surface area contributed by atoms with Gasteiger partial charge in [0.15, 0.2) is 6.10 Å². The van der Waals surface area contributed by atoms with Gasteiger partial charge in [-0.15, -0.1) is 0 Å². The molecule has 0 aromatic heterocycles. The van der Waals surface area contributed by atoms with Gasteiger partial charge in [0, 0.05) is 16.6 Å². The quantitative estimate of drug-likeness (QED) is 0.562. The van der Waals surface area contributed by atoms with Crippen LogP contribution in [0.2, 0.25) is 0 Å². The van der Waals surface area contributed by atoms with Gasteiger partial charge in [0.1, 0.15) is 6.29 Å². The fourth-order valence-electron chi connectivity index (χ4n) is 2.55. The van der Waals surface area contributed by atoms with Gasteiger partial charge in [-0.05, 0) is 30.5 Å². The first kappa shape index (κ1) is 17.4. The largest absolute Gasteiger partial charge is 0.449 e. The molecule has 5 heteroatoms. The monoisotopic (exact) mass is 347 g/mol. The second-order valence-electron chi connectivity index (χ2n) is 5.80. The highest BCUT2D eigenvalue weighted by Crippen LogP contribution is 2.23. The molecule has 5 nitrogen and oxygen atoms in total. The lowest BCUT2D eigenvalue weighted by Crippen LogP contribution is -2.30. The smallest absolute Gasteiger partial charge is 0.338 e. The second-order valence-corrected chi connectivity index (χ2v) is 5.80. The molecule has 1 amide bonds. The van der Waals surface area contributed by atoms with Crippen molar-refractivity contribution >= 4 is 34.6 Å². The highest BCUT2D eigenvalue weighted by molar-refractivity contribution is 6.04. The Morgan fingerprint density at radius 3 is 2.38 bits per heavy atom. The van der Waals surface area contributed by atoms with E-state index in [0.717, 1.165) is 10.8 Å². The van der Waals surface area contributed by atoms with Gasteiger partial charge in [-0.3, -0.25) is 9.59 Å². The van der Waals surface area contributed by atoms with Crippen LogP contribution in [0, 0.1) is 0 Å². The molecule has 0 unspecified atom stereocenters. The summed E-state index contributed by atoms with van der Waals surface area (Å²) in [5.74, 6) is -1.04. The number of carbonyl (C=O) groups is 3. The van der Waals surface area contributed by atoms with Crippen molar-refractivity contribution in [3.63, 3.8) is 0 Å². The number of fused-ring (bicyclic) bond motifs is 1. The molecule has 0 saturated heterocycles. The first-order chi connectivity index (χ1) is 12.6. The maximum atomic E-state index is 12.4. The minimum absolute atomic E-state index is 0.278. The molecule has 0 saturated carbocycles. The summed E-state index contributed by atoms with van der Waals surface area (Å²) in [5, 5.41) is 4.71. The fraction of sp³-hybridized carbons (Fsp3) is 0.0952. The third kappa shape index (κ3) is 3.78. The Labute approximate surface area is 150 Å². The summed E-state index contributed by atoms with van der Waals surface area (Å²) < 4.78 is 5.22. The maximum Gasteiger partial charge on any atom is 0.338 e. The van der Waals surface area contributed by atoms with Crippen LogP contribution in [0.5, 0.6) is 0 Å². The van der Waals surface area contributed by atoms with Crippen LogP contribution in [-0.2, 0) is 9.53 Å². The summed E-state index contributed by atoms with van der Waals surface area (Å²) >= 11 is 0. The highest BCUT2D eigenvalue weighted by atomic mass is 16.5. The molecule has 1 atom stereocenters. The van der Waals surface area contributed by atoms with E-state index in [-0.39, 0.29) is 5.56 Å². The Kier molecular flexibility index (Phi) is 5.08. The van der Waals surface area contributed by atoms with E-state index in [1.807, 2.05) is 36.4 Å². The van der Waals surface area contributed by atoms with Crippen LogP contribution < -0.4 is 5.32 Å². The van der Waals surface area contributed by atoms with Gasteiger partial charge in [-0.2, -0.15) is 0 Å². The lowest BCUT2D eigenvalue weighted by Gasteiger charge is -2.15. The highest BCUT2D eigenvalue weighted by Gasteiger charge is 2.19. The molecule has 26 heavy (non-hydrogen) atoms. The van der Waals surface area contributed by atoms with Crippen molar-refractivity contribution in [3.05, 3.63) is 77.9 Å². The molecule has 0 aliphatic heterocycles. The van der Waals surface area contributed by atoms with Gasteiger partial charge in [0.25, 0.3) is 5.91 Å². The van der Waals surface area contributed by atoms with E-state index in [4.69, 9.17) is 4.74 Å². The third-order valence-electron chi connectivity index (χ3n) is 3.98. The van der Waals surface area contributed by atoms with Crippen molar-refractivity contribution in [2.24, 2.45) is 0 Å². The Hall–Kier alpha value is -3.47. The predicted octanol–water partition coefficient (Wildman–Crippen LogP) is 3.84. The molecule has 3 aromatic carbocycles. The minimum atomic E-state index is -0.966. The van der Waals surface area contributed by atoms with Gasteiger partial charge >= 0.3 is 5.97 Å². The van der Waals surface area contributed by atoms with E-state index < -0.39 is 18.0 Å². The van der Waals surface area contributed by atoms with E-state index in [1.165, 1.54) is 31.2 Å². The van der Waals surface area contributed by atoms with E-state index in [1.54, 1.807) is 6.07 Å². The van der Waals surface area contributed by atoms with Crippen molar-refractivity contribution < 1.29 is 19.1 Å². The molecule has 3 rings (SSSR count). The number of carbonyl (C=O) groups excluding carboxylic acids is 3. The van der Waals surface area contributed by atoms with Crippen LogP contribution >= 0.6 is 0 Å². The lowest BCUT2D eigenvalue weighted by molar-refractivity contribution is -0.123. The summed E-state index contributed by atoms with van der Waals surface area (Å²) in [6.45, 7) is 1.51. The molecule has 0 fully saturated rings. The van der Waals surface area contributed by atoms with Crippen molar-refractivity contribution in [2.75, 3.05) is 5.32 Å². The molecule has 0 bridgehead atoms. The number of rotatable bonds is 5. The molecule has 1 N–H and O–H groups in total. The SMILES string of the molecule is C[C@H](OC(=O)c1ccc(C=O)cc1)C(=O)Nc1cccc2ccccc12. The summed E-state index contributed by atoms with van der Waals surface area (Å²) in [5.41, 5.74) is 1.40. The van der Waals surface area contributed by atoms with Gasteiger partial charge in [-0.1, -0.05) is 48.5 Å². The standard InChI is InChI=1S/C21H17NO4/c1-14(26-21(25)17-11-9-15(13-23)10-12-17)20(24)22-19-8-4-6-16-5-2-3-7-18(16)19/h2-14H,1H3,(H,22,24)/t14-/m0/s1. The van der Waals surface area contributed by atoms with E-state index in [2.05, 4.69) is 5.32 Å². The van der Waals surface area contributed by atoms with E-state index in [0.29, 0.717) is 17.5 Å². The Morgan fingerprint density at radius 2 is 1.65 bits per heavy atom. The third-order valence-corrected chi connectivity index (χ3v) is 3.98. The Balaban J connectivity index is 1.69. The second kappa shape index (κ2) is 7.61. The van der Waals surface area contributed by atoms with Crippen molar-refractivity contribution in [1.29, 1.82) is 0 Å². The van der Waals surface area contributed by atoms with E-state index in [9.17, 15) is 14.4 Å². The van der Waals surface area contributed by atoms with Gasteiger partial charge < -0.3 is 10.1 Å². The molecule has 0 spiro atoms. The normalized spacial score (nSPS) is 11.6. The summed E-state index contributed by atoms with van der Waals surface area (Å²) in [6.07, 6.45) is -0.276. The van der Waals surface area contributed by atoms with Gasteiger partial charge in [0.05, 0.1) is 5.56 Å². The molecule has 3 aromatic rings. The summed E-state index contributed by atoms with van der Waals surface area (Å²) in [6, 6.07) is 19.3. The molecule has 0 heterocycles. The number of nitrogens with one attached hydrogen (secondary N) is 1. The Morgan fingerprint density at radius 1 is 0.962 bits per heavy atom. The first-order valence-electron chi connectivity index (χ1n) is 8.13. The van der Waals surface area contributed by atoms with Crippen LogP contribution in [0.1, 0.15) is 27.6 Å². The Bertz CT molecular complexity index is 958. The van der Waals surface area contributed by atoms with Crippen molar-refractivity contribution in [1.82, 2.24) is 0 Å². The zero-order chi connectivity index (χ0) is 18.5. The molecule has 0 radical (unpaired) electrons. The molecule has 0 aliphatic rings. The van der Waals surface area contributed by atoms with E-state index >= 15 is 0 Å². The van der Waals surface area contributed by atoms with Crippen LogP contribution in [0.4, 0.5) is 5.69 Å². The zero-order valence-corrected chi connectivity index (χ0v) is 14.1. The van der Waals surface area contributed by atoms with Crippen LogP contribution in [0.25, 0.3) is 10.8 Å². The molecular formula is C21H17NO4. The van der Waals surface area contributed by atoms with Crippen LogP contribution in [0.15, 0.2) is 66.7 Å². The fourth-order valence-corrected chi connectivity index (χ4v) is 2.55. The lowest BCUT2D eigenvalue weighted by atomic mass is 10.1. The average molecular weight is 347 g/mol. The minimum Gasteiger partial charge on any atom is -0.449 e. The number of aldehydes is 1. The predicted molar refractivity (Wildman–Crippen MR) is 99.3 cm³/mol.